The van der Waals surface area contributed by atoms with Crippen molar-refractivity contribution in [3.63, 3.8) is 0 Å². The fourth-order valence-electron chi connectivity index (χ4n) is 3.00. The van der Waals surface area contributed by atoms with E-state index in [1.54, 1.807) is 12.1 Å². The van der Waals surface area contributed by atoms with Crippen molar-refractivity contribution in [2.75, 3.05) is 23.7 Å². The Kier molecular flexibility index (Phi) is 8.45. The molecule has 3 rings (SSSR count). The Labute approximate surface area is 201 Å². The smallest absolute Gasteiger partial charge is 0.261 e. The summed E-state index contributed by atoms with van der Waals surface area (Å²) in [4.78, 5) is 14.3. The first kappa shape index (κ1) is 24.3. The highest BCUT2D eigenvalue weighted by Crippen LogP contribution is 2.27. The fourth-order valence-corrected chi connectivity index (χ4v) is 3.47. The molecular weight excluding hydrogens is 467 g/mol. The van der Waals surface area contributed by atoms with E-state index >= 15 is 0 Å². The minimum absolute atomic E-state index is 0.0395. The highest BCUT2D eigenvalue weighted by Gasteiger charge is 2.11. The Morgan fingerprint density at radius 1 is 1.24 bits per heavy atom. The van der Waals surface area contributed by atoms with Crippen LogP contribution in [0.2, 0.25) is 10.0 Å². The van der Waals surface area contributed by atoms with Crippen molar-refractivity contribution < 1.29 is 9.53 Å². The van der Waals surface area contributed by atoms with Gasteiger partial charge < -0.3 is 15.4 Å². The maximum Gasteiger partial charge on any atom is 0.261 e. The minimum atomic E-state index is -0.430. The molecule has 0 bridgehead atoms. The molecule has 12 heteroatoms. The number of nitrogens with zero attached hydrogens (tertiary/aromatic N) is 6. The maximum atomic E-state index is 12.1. The number of hydrogen-bond donors (Lipinski definition) is 2. The van der Waals surface area contributed by atoms with Crippen molar-refractivity contribution in [2.24, 2.45) is 5.10 Å². The molecule has 1 heterocycles. The lowest BCUT2D eigenvalue weighted by Gasteiger charge is -2.22. The Morgan fingerprint density at radius 3 is 2.70 bits per heavy atom. The lowest BCUT2D eigenvalue weighted by Crippen LogP contribution is -2.24. The second-order valence-electron chi connectivity index (χ2n) is 6.91. The summed E-state index contributed by atoms with van der Waals surface area (Å²) in [6.07, 6.45) is 1.51. The molecule has 3 N–H and O–H groups in total. The van der Waals surface area contributed by atoms with Gasteiger partial charge in [-0.2, -0.15) is 5.10 Å². The zero-order valence-corrected chi connectivity index (χ0v) is 19.7. The molecule has 0 saturated heterocycles. The van der Waals surface area contributed by atoms with E-state index in [4.69, 9.17) is 33.7 Å². The van der Waals surface area contributed by atoms with Gasteiger partial charge in [-0.3, -0.25) is 4.79 Å². The number of amides is 1. The van der Waals surface area contributed by atoms with E-state index in [0.717, 1.165) is 29.0 Å². The van der Waals surface area contributed by atoms with Crippen molar-refractivity contribution in [1.82, 2.24) is 25.6 Å². The summed E-state index contributed by atoms with van der Waals surface area (Å²) in [6, 6.07) is 11.0. The number of nitrogens with two attached hydrogens (primary N) is 1. The van der Waals surface area contributed by atoms with Crippen LogP contribution >= 0.6 is 23.2 Å². The number of ether oxygens (including phenoxy) is 1. The van der Waals surface area contributed by atoms with Gasteiger partial charge in [0, 0.05) is 46.0 Å². The maximum absolute atomic E-state index is 12.1. The summed E-state index contributed by atoms with van der Waals surface area (Å²) < 4.78 is 7.24. The largest absolute Gasteiger partial charge is 0.488 e. The number of tetrazole rings is 1. The van der Waals surface area contributed by atoms with Crippen molar-refractivity contribution in [3.8, 4) is 5.75 Å². The summed E-state index contributed by atoms with van der Waals surface area (Å²) in [5, 5.41) is 15.6. The van der Waals surface area contributed by atoms with E-state index in [9.17, 15) is 4.79 Å². The second kappa shape index (κ2) is 11.5. The first-order chi connectivity index (χ1) is 15.9. The molecule has 0 aliphatic heterocycles. The molecule has 174 valence electrons. The molecule has 0 saturated carbocycles. The SMILES string of the molecule is CCN(CC)c1ccc(/C=N\NC(=O)Cn2nnnc2N)c(OCc2ccc(Cl)cc2Cl)c1. The monoisotopic (exact) mass is 490 g/mol. The third-order valence-electron chi connectivity index (χ3n) is 4.77. The van der Waals surface area contributed by atoms with E-state index in [0.29, 0.717) is 21.4 Å². The third kappa shape index (κ3) is 6.56. The van der Waals surface area contributed by atoms with Crippen LogP contribution in [0.1, 0.15) is 25.0 Å². The number of hydrogen-bond acceptors (Lipinski definition) is 8. The number of carbonyl (C=O) groups is 1. The van der Waals surface area contributed by atoms with Crippen LogP contribution in [0.5, 0.6) is 5.75 Å². The molecule has 2 aromatic carbocycles. The van der Waals surface area contributed by atoms with Crippen LogP contribution in [0.15, 0.2) is 41.5 Å². The molecule has 1 amide bonds. The molecule has 3 aromatic rings. The van der Waals surface area contributed by atoms with E-state index in [1.807, 2.05) is 24.3 Å². The summed E-state index contributed by atoms with van der Waals surface area (Å²) in [5.74, 6) is 0.200. The molecule has 10 nitrogen and oxygen atoms in total. The van der Waals surface area contributed by atoms with Crippen LogP contribution in [-0.2, 0) is 17.9 Å². The van der Waals surface area contributed by atoms with E-state index in [1.165, 1.54) is 6.21 Å². The number of hydrazone groups is 1. The molecule has 0 atom stereocenters. The number of halogens is 2. The van der Waals surface area contributed by atoms with Crippen molar-refractivity contribution in [3.05, 3.63) is 57.6 Å². The van der Waals surface area contributed by atoms with Gasteiger partial charge in [0.05, 0.1) is 6.21 Å². The molecule has 0 fully saturated rings. The van der Waals surface area contributed by atoms with Gasteiger partial charge in [0.25, 0.3) is 5.91 Å². The highest BCUT2D eigenvalue weighted by molar-refractivity contribution is 6.35. The zero-order valence-electron chi connectivity index (χ0n) is 18.2. The third-order valence-corrected chi connectivity index (χ3v) is 5.36. The first-order valence-corrected chi connectivity index (χ1v) is 11.0. The summed E-state index contributed by atoms with van der Waals surface area (Å²) in [5.41, 5.74) is 10.5. The molecule has 0 unspecified atom stereocenters. The molecule has 33 heavy (non-hydrogen) atoms. The molecule has 0 radical (unpaired) electrons. The van der Waals surface area contributed by atoms with Crippen molar-refractivity contribution in [2.45, 2.75) is 27.0 Å². The highest BCUT2D eigenvalue weighted by atomic mass is 35.5. The van der Waals surface area contributed by atoms with Gasteiger partial charge in [0.2, 0.25) is 5.95 Å². The number of carbonyl (C=O) groups excluding carboxylic acids is 1. The van der Waals surface area contributed by atoms with Crippen molar-refractivity contribution in [1.29, 1.82) is 0 Å². The Bertz CT molecular complexity index is 1130. The number of nitrogens with one attached hydrogen (secondary N) is 1. The van der Waals surface area contributed by atoms with Crippen molar-refractivity contribution >= 4 is 47.0 Å². The minimum Gasteiger partial charge on any atom is -0.488 e. The van der Waals surface area contributed by atoms with Gasteiger partial charge in [-0.15, -0.1) is 0 Å². The van der Waals surface area contributed by atoms with Crippen LogP contribution in [0.3, 0.4) is 0 Å². The van der Waals surface area contributed by atoms with Crippen LogP contribution in [0.25, 0.3) is 0 Å². The quantitative estimate of drug-likeness (QED) is 0.330. The van der Waals surface area contributed by atoms with Crippen LogP contribution in [0, 0.1) is 0 Å². The molecule has 0 aliphatic carbocycles. The van der Waals surface area contributed by atoms with E-state index in [2.05, 4.69) is 44.8 Å². The standard InChI is InChI=1S/C21H24Cl2N8O2/c1-3-30(4-2)17-8-6-14(11-25-26-20(32)12-31-21(24)27-28-29-31)19(10-17)33-13-15-5-7-16(22)9-18(15)23/h5-11H,3-4,12-13H2,1-2H3,(H,26,32)(H2,24,27,29)/b25-11-. The Morgan fingerprint density at radius 2 is 2.03 bits per heavy atom. The molecule has 0 aliphatic rings. The average Bonchev–Trinajstić information content (AvgIpc) is 3.19. The predicted molar refractivity (Wildman–Crippen MR) is 129 cm³/mol. The lowest BCUT2D eigenvalue weighted by atomic mass is 10.1. The predicted octanol–water partition coefficient (Wildman–Crippen LogP) is 3.14. The topological polar surface area (TPSA) is 124 Å². The lowest BCUT2D eigenvalue weighted by molar-refractivity contribution is -0.121. The number of rotatable bonds is 10. The Hall–Kier alpha value is -3.37. The number of nitrogen functional groups attached to an aromatic ring is 1. The summed E-state index contributed by atoms with van der Waals surface area (Å²) in [7, 11) is 0. The zero-order chi connectivity index (χ0) is 23.8. The van der Waals surface area contributed by atoms with Gasteiger partial charge >= 0.3 is 0 Å². The number of aromatic nitrogens is 4. The van der Waals surface area contributed by atoms with Crippen LogP contribution in [-0.4, -0.2) is 45.4 Å². The first-order valence-electron chi connectivity index (χ1n) is 10.2. The van der Waals surface area contributed by atoms with Gasteiger partial charge in [0.1, 0.15) is 18.9 Å². The molecular formula is C21H24Cl2N8O2. The average molecular weight is 491 g/mol. The number of benzene rings is 2. The molecule has 1 aromatic heterocycles. The van der Waals surface area contributed by atoms with E-state index in [-0.39, 0.29) is 19.1 Å². The van der Waals surface area contributed by atoms with Gasteiger partial charge in [-0.05, 0) is 48.5 Å². The van der Waals surface area contributed by atoms with E-state index < -0.39 is 5.91 Å². The van der Waals surface area contributed by atoms with Crippen LogP contribution < -0.4 is 20.8 Å². The van der Waals surface area contributed by atoms with Gasteiger partial charge in [-0.1, -0.05) is 34.4 Å². The summed E-state index contributed by atoms with van der Waals surface area (Å²) in [6.45, 7) is 5.95. The second-order valence-corrected chi connectivity index (χ2v) is 7.75. The van der Waals surface area contributed by atoms with Gasteiger partial charge in [-0.25, -0.2) is 10.1 Å². The molecule has 0 spiro atoms. The normalized spacial score (nSPS) is 11.0. The van der Waals surface area contributed by atoms with Gasteiger partial charge in [0.15, 0.2) is 0 Å². The fraction of sp³-hybridized carbons (Fsp3) is 0.286. The number of anilines is 2. The summed E-state index contributed by atoms with van der Waals surface area (Å²) >= 11 is 12.3. The Balaban J connectivity index is 1.76. The van der Waals surface area contributed by atoms with Crippen LogP contribution in [0.4, 0.5) is 11.6 Å².